The number of piperidine rings is 1. The molecular formula is C15H13ClF3NO3. The topological polar surface area (TPSA) is 53.7 Å². The molecule has 0 radical (unpaired) electrons. The number of rotatable bonds is 1. The number of amides is 1. The van der Waals surface area contributed by atoms with E-state index in [1.54, 1.807) is 18.2 Å². The van der Waals surface area contributed by atoms with Crippen LogP contribution in [-0.4, -0.2) is 40.8 Å². The van der Waals surface area contributed by atoms with Crippen LogP contribution in [0.2, 0.25) is 5.02 Å². The second-order valence-electron chi connectivity index (χ2n) is 5.59. The molecular weight excluding hydrogens is 335 g/mol. The molecule has 1 aliphatic rings. The molecule has 1 fully saturated rings. The van der Waals surface area contributed by atoms with Crippen molar-refractivity contribution in [1.82, 2.24) is 4.90 Å². The van der Waals surface area contributed by atoms with E-state index in [0.717, 1.165) is 0 Å². The zero-order valence-corrected chi connectivity index (χ0v) is 12.6. The van der Waals surface area contributed by atoms with Crippen molar-refractivity contribution < 1.29 is 27.5 Å². The Kier molecular flexibility index (Phi) is 3.80. The highest BCUT2D eigenvalue weighted by Gasteiger charge is 2.55. The first kappa shape index (κ1) is 16.1. The highest BCUT2D eigenvalue weighted by Crippen LogP contribution is 2.38. The van der Waals surface area contributed by atoms with E-state index in [1.807, 2.05) is 0 Å². The van der Waals surface area contributed by atoms with Gasteiger partial charge in [0.15, 0.2) is 16.9 Å². The molecule has 0 unspecified atom stereocenters. The molecule has 2 aromatic rings. The van der Waals surface area contributed by atoms with E-state index in [-0.39, 0.29) is 18.8 Å². The Morgan fingerprint density at radius 2 is 1.96 bits per heavy atom. The summed E-state index contributed by atoms with van der Waals surface area (Å²) in [5.74, 6) is -0.493. The van der Waals surface area contributed by atoms with Crippen molar-refractivity contribution >= 4 is 28.5 Å². The van der Waals surface area contributed by atoms with Crippen molar-refractivity contribution in [2.24, 2.45) is 0 Å². The van der Waals surface area contributed by atoms with Crippen molar-refractivity contribution in [3.63, 3.8) is 0 Å². The molecule has 0 saturated carbocycles. The Morgan fingerprint density at radius 3 is 2.52 bits per heavy atom. The molecule has 4 nitrogen and oxygen atoms in total. The zero-order valence-electron chi connectivity index (χ0n) is 11.9. The van der Waals surface area contributed by atoms with Gasteiger partial charge in [0.1, 0.15) is 0 Å². The normalized spacial score (nSPS) is 18.4. The van der Waals surface area contributed by atoms with Crippen LogP contribution in [0.5, 0.6) is 0 Å². The monoisotopic (exact) mass is 347 g/mol. The molecule has 0 atom stereocenters. The lowest BCUT2D eigenvalue weighted by Crippen LogP contribution is -2.54. The highest BCUT2D eigenvalue weighted by molar-refractivity contribution is 6.34. The minimum Gasteiger partial charge on any atom is -0.449 e. The number of halogens is 4. The lowest BCUT2D eigenvalue weighted by Gasteiger charge is -2.38. The van der Waals surface area contributed by atoms with E-state index >= 15 is 0 Å². The summed E-state index contributed by atoms with van der Waals surface area (Å²) in [6.45, 7) is -0.390. The van der Waals surface area contributed by atoms with E-state index in [4.69, 9.17) is 16.0 Å². The molecule has 0 bridgehead atoms. The molecule has 1 aromatic carbocycles. The Labute approximate surface area is 134 Å². The Bertz CT molecular complexity index is 748. The molecule has 1 aromatic heterocycles. The second-order valence-corrected chi connectivity index (χ2v) is 6.00. The number of alkyl halides is 3. The van der Waals surface area contributed by atoms with Crippen LogP contribution in [0.1, 0.15) is 23.4 Å². The molecule has 124 valence electrons. The van der Waals surface area contributed by atoms with Gasteiger partial charge in [-0.05, 0) is 12.1 Å². The van der Waals surface area contributed by atoms with Crippen LogP contribution in [0, 0.1) is 0 Å². The molecule has 23 heavy (non-hydrogen) atoms. The number of fused-ring (bicyclic) bond motifs is 1. The summed E-state index contributed by atoms with van der Waals surface area (Å²) >= 11 is 5.97. The van der Waals surface area contributed by atoms with Gasteiger partial charge >= 0.3 is 6.18 Å². The van der Waals surface area contributed by atoms with Crippen LogP contribution in [0.4, 0.5) is 13.2 Å². The van der Waals surface area contributed by atoms with E-state index in [1.165, 1.54) is 11.0 Å². The molecule has 0 aliphatic carbocycles. The largest absolute Gasteiger partial charge is 0.449 e. The minimum atomic E-state index is -4.70. The average Bonchev–Trinajstić information content (AvgIpc) is 2.92. The lowest BCUT2D eigenvalue weighted by atomic mass is 9.90. The lowest BCUT2D eigenvalue weighted by molar-refractivity contribution is -0.271. The third-order valence-corrected chi connectivity index (χ3v) is 4.41. The van der Waals surface area contributed by atoms with Crippen LogP contribution >= 0.6 is 11.6 Å². The van der Waals surface area contributed by atoms with E-state index in [2.05, 4.69) is 0 Å². The van der Waals surface area contributed by atoms with Crippen molar-refractivity contribution in [3.8, 4) is 0 Å². The smallest absolute Gasteiger partial charge is 0.417 e. The van der Waals surface area contributed by atoms with Crippen molar-refractivity contribution in [1.29, 1.82) is 0 Å². The quantitative estimate of drug-likeness (QED) is 0.857. The van der Waals surface area contributed by atoms with Gasteiger partial charge in [-0.25, -0.2) is 0 Å². The number of benzene rings is 1. The van der Waals surface area contributed by atoms with Gasteiger partial charge in [-0.15, -0.1) is 0 Å². The molecule has 1 N–H and O–H groups in total. The van der Waals surface area contributed by atoms with Gasteiger partial charge < -0.3 is 14.4 Å². The summed E-state index contributed by atoms with van der Waals surface area (Å²) in [7, 11) is 0. The van der Waals surface area contributed by atoms with Crippen LogP contribution in [0.15, 0.2) is 28.7 Å². The Balaban J connectivity index is 1.78. The Morgan fingerprint density at radius 1 is 1.30 bits per heavy atom. The van der Waals surface area contributed by atoms with Crippen molar-refractivity contribution in [2.75, 3.05) is 13.1 Å². The first-order chi connectivity index (χ1) is 10.7. The summed E-state index contributed by atoms with van der Waals surface area (Å²) in [5, 5.41) is 10.6. The molecule has 3 rings (SSSR count). The van der Waals surface area contributed by atoms with Crippen LogP contribution in [0.25, 0.3) is 11.0 Å². The van der Waals surface area contributed by atoms with E-state index < -0.39 is 30.5 Å². The SMILES string of the molecule is O=C(c1cc2cccc(Cl)c2o1)N1CCC(O)(C(F)(F)F)CC1. The number of furan rings is 1. The van der Waals surface area contributed by atoms with Crippen LogP contribution in [-0.2, 0) is 0 Å². The number of hydrogen-bond acceptors (Lipinski definition) is 3. The van der Waals surface area contributed by atoms with Gasteiger partial charge in [0.05, 0.1) is 5.02 Å². The Hall–Kier alpha value is -1.73. The fourth-order valence-corrected chi connectivity index (χ4v) is 2.87. The fourth-order valence-electron chi connectivity index (χ4n) is 2.65. The van der Waals surface area contributed by atoms with Gasteiger partial charge in [-0.2, -0.15) is 13.2 Å². The number of carbonyl (C=O) groups excluding carboxylic acids is 1. The molecule has 8 heteroatoms. The predicted octanol–water partition coefficient (Wildman–Crippen LogP) is 3.62. The maximum Gasteiger partial charge on any atom is 0.417 e. The van der Waals surface area contributed by atoms with Gasteiger partial charge in [0.25, 0.3) is 5.91 Å². The maximum absolute atomic E-state index is 12.8. The van der Waals surface area contributed by atoms with Gasteiger partial charge in [-0.1, -0.05) is 23.7 Å². The number of para-hydroxylation sites is 1. The van der Waals surface area contributed by atoms with Gasteiger partial charge in [0.2, 0.25) is 0 Å². The summed E-state index contributed by atoms with van der Waals surface area (Å²) in [4.78, 5) is 13.6. The van der Waals surface area contributed by atoms with Gasteiger partial charge in [-0.3, -0.25) is 4.79 Å². The number of aliphatic hydroxyl groups is 1. The third kappa shape index (κ3) is 2.79. The number of likely N-dealkylation sites (tertiary alicyclic amines) is 1. The standard InChI is InChI=1S/C15H13ClF3NO3/c16-10-3-1-2-9-8-11(23-12(9)10)13(21)20-6-4-14(22,5-7-20)15(17,18)19/h1-3,8,22H,4-7H2. The van der Waals surface area contributed by atoms with Gasteiger partial charge in [0, 0.05) is 31.3 Å². The third-order valence-electron chi connectivity index (χ3n) is 4.11. The summed E-state index contributed by atoms with van der Waals surface area (Å²) in [5.41, 5.74) is -2.37. The maximum atomic E-state index is 12.8. The second kappa shape index (κ2) is 5.42. The number of carbonyl (C=O) groups is 1. The fraction of sp³-hybridized carbons (Fsp3) is 0.400. The molecule has 0 spiro atoms. The number of nitrogens with zero attached hydrogens (tertiary/aromatic N) is 1. The zero-order chi connectivity index (χ0) is 16.8. The molecule has 1 aliphatic heterocycles. The predicted molar refractivity (Wildman–Crippen MR) is 77.4 cm³/mol. The van der Waals surface area contributed by atoms with E-state index in [9.17, 15) is 23.1 Å². The molecule has 1 amide bonds. The van der Waals surface area contributed by atoms with Crippen molar-refractivity contribution in [3.05, 3.63) is 35.0 Å². The minimum absolute atomic E-state index is 0.0190. The van der Waals surface area contributed by atoms with Crippen LogP contribution in [0.3, 0.4) is 0 Å². The average molecular weight is 348 g/mol. The van der Waals surface area contributed by atoms with Crippen molar-refractivity contribution in [2.45, 2.75) is 24.6 Å². The number of hydrogen-bond donors (Lipinski definition) is 1. The highest BCUT2D eigenvalue weighted by atomic mass is 35.5. The summed E-state index contributed by atoms with van der Waals surface area (Å²) in [6, 6.07) is 6.55. The molecule has 2 heterocycles. The van der Waals surface area contributed by atoms with E-state index in [0.29, 0.717) is 16.0 Å². The summed E-state index contributed by atoms with van der Waals surface area (Å²) in [6.07, 6.45) is -5.80. The summed E-state index contributed by atoms with van der Waals surface area (Å²) < 4.78 is 43.7. The first-order valence-corrected chi connectivity index (χ1v) is 7.35. The first-order valence-electron chi connectivity index (χ1n) is 6.98. The van der Waals surface area contributed by atoms with Crippen LogP contribution < -0.4 is 0 Å². The molecule has 1 saturated heterocycles.